The molecule has 0 spiro atoms. The van der Waals surface area contributed by atoms with E-state index in [-0.39, 0.29) is 0 Å². The van der Waals surface area contributed by atoms with Crippen molar-refractivity contribution in [2.24, 2.45) is 0 Å². The monoisotopic (exact) mass is 190 g/mol. The van der Waals surface area contributed by atoms with E-state index in [0.717, 1.165) is 23.5 Å². The number of ether oxygens (including phenoxy) is 2. The number of rotatable bonds is 4. The molecule has 1 aliphatic rings. The molecular weight excluding hydrogens is 176 g/mol. The molecule has 0 bridgehead atoms. The van der Waals surface area contributed by atoms with E-state index < -0.39 is 0 Å². The Morgan fingerprint density at radius 3 is 2.93 bits per heavy atom. The van der Waals surface area contributed by atoms with Gasteiger partial charge in [0.2, 0.25) is 0 Å². The third-order valence-corrected chi connectivity index (χ3v) is 2.17. The summed E-state index contributed by atoms with van der Waals surface area (Å²) >= 11 is 0. The van der Waals surface area contributed by atoms with Crippen LogP contribution in [-0.4, -0.2) is 19.3 Å². The van der Waals surface area contributed by atoms with Crippen molar-refractivity contribution in [1.82, 2.24) is 0 Å². The van der Waals surface area contributed by atoms with Crippen molar-refractivity contribution in [2.45, 2.75) is 13.0 Å². The molecular formula is C12H14O2. The van der Waals surface area contributed by atoms with Gasteiger partial charge in [0.25, 0.3) is 0 Å². The van der Waals surface area contributed by atoms with Crippen molar-refractivity contribution < 1.29 is 9.47 Å². The topological polar surface area (TPSA) is 21.8 Å². The molecule has 1 saturated heterocycles. The molecule has 14 heavy (non-hydrogen) atoms. The Balaban J connectivity index is 2.09. The Kier molecular flexibility index (Phi) is 2.55. The molecule has 2 heteroatoms. The zero-order valence-electron chi connectivity index (χ0n) is 8.32. The van der Waals surface area contributed by atoms with Gasteiger partial charge in [0, 0.05) is 5.56 Å². The molecule has 1 fully saturated rings. The number of benzene rings is 1. The molecule has 0 saturated carbocycles. The first-order valence-electron chi connectivity index (χ1n) is 4.76. The van der Waals surface area contributed by atoms with E-state index in [0.29, 0.717) is 12.7 Å². The molecule has 1 heterocycles. The lowest BCUT2D eigenvalue weighted by Crippen LogP contribution is -2.05. The largest absolute Gasteiger partial charge is 0.490 e. The lowest BCUT2D eigenvalue weighted by Gasteiger charge is -2.09. The Hall–Kier alpha value is -1.28. The van der Waals surface area contributed by atoms with Gasteiger partial charge in [-0.05, 0) is 18.6 Å². The SMILES string of the molecule is C=C(C)c1ccccc1OCC1CO1. The van der Waals surface area contributed by atoms with E-state index in [4.69, 9.17) is 9.47 Å². The number of hydrogen-bond donors (Lipinski definition) is 0. The van der Waals surface area contributed by atoms with E-state index in [9.17, 15) is 0 Å². The predicted molar refractivity (Wildman–Crippen MR) is 56.4 cm³/mol. The quantitative estimate of drug-likeness (QED) is 0.680. The predicted octanol–water partition coefficient (Wildman–Crippen LogP) is 2.50. The highest BCUT2D eigenvalue weighted by molar-refractivity contribution is 5.66. The second-order valence-corrected chi connectivity index (χ2v) is 3.54. The van der Waals surface area contributed by atoms with E-state index in [2.05, 4.69) is 6.58 Å². The van der Waals surface area contributed by atoms with Crippen molar-refractivity contribution in [2.75, 3.05) is 13.2 Å². The van der Waals surface area contributed by atoms with Crippen molar-refractivity contribution in [3.63, 3.8) is 0 Å². The summed E-state index contributed by atoms with van der Waals surface area (Å²) in [6, 6.07) is 7.94. The fraction of sp³-hybridized carbons (Fsp3) is 0.333. The van der Waals surface area contributed by atoms with Crippen molar-refractivity contribution >= 4 is 5.57 Å². The lowest BCUT2D eigenvalue weighted by atomic mass is 10.1. The summed E-state index contributed by atoms with van der Waals surface area (Å²) in [7, 11) is 0. The summed E-state index contributed by atoms with van der Waals surface area (Å²) in [6.07, 6.45) is 0.299. The van der Waals surface area contributed by atoms with E-state index >= 15 is 0 Å². The average molecular weight is 190 g/mol. The number of para-hydroxylation sites is 1. The summed E-state index contributed by atoms with van der Waals surface area (Å²) in [5, 5.41) is 0. The fourth-order valence-electron chi connectivity index (χ4n) is 1.29. The molecule has 2 nitrogen and oxygen atoms in total. The Labute approximate surface area is 84.2 Å². The van der Waals surface area contributed by atoms with Crippen LogP contribution in [-0.2, 0) is 4.74 Å². The molecule has 1 aromatic carbocycles. The molecule has 74 valence electrons. The molecule has 0 aromatic heterocycles. The van der Waals surface area contributed by atoms with Gasteiger partial charge < -0.3 is 9.47 Å². The van der Waals surface area contributed by atoms with Crippen LogP contribution in [0.15, 0.2) is 30.8 Å². The summed E-state index contributed by atoms with van der Waals surface area (Å²) in [4.78, 5) is 0. The first-order valence-corrected chi connectivity index (χ1v) is 4.76. The second-order valence-electron chi connectivity index (χ2n) is 3.54. The van der Waals surface area contributed by atoms with Crippen LogP contribution in [0.2, 0.25) is 0 Å². The zero-order chi connectivity index (χ0) is 9.97. The van der Waals surface area contributed by atoms with Gasteiger partial charge in [-0.1, -0.05) is 24.8 Å². The highest BCUT2D eigenvalue weighted by Gasteiger charge is 2.23. The molecule has 0 amide bonds. The van der Waals surface area contributed by atoms with Gasteiger partial charge in [0.1, 0.15) is 18.5 Å². The van der Waals surface area contributed by atoms with Crippen molar-refractivity contribution in [3.8, 4) is 5.75 Å². The minimum absolute atomic E-state index is 0.299. The van der Waals surface area contributed by atoms with Crippen LogP contribution in [0, 0.1) is 0 Å². The maximum Gasteiger partial charge on any atom is 0.126 e. The van der Waals surface area contributed by atoms with Gasteiger partial charge in [0.05, 0.1) is 6.61 Å². The Bertz CT molecular complexity index is 340. The molecule has 1 aliphatic heterocycles. The molecule has 1 aromatic rings. The standard InChI is InChI=1S/C12H14O2/c1-9(2)11-5-3-4-6-12(11)14-8-10-7-13-10/h3-6,10H,1,7-8H2,2H3. The van der Waals surface area contributed by atoms with Crippen LogP contribution in [0.5, 0.6) is 5.75 Å². The minimum atomic E-state index is 0.299. The van der Waals surface area contributed by atoms with Crippen molar-refractivity contribution in [3.05, 3.63) is 36.4 Å². The van der Waals surface area contributed by atoms with Gasteiger partial charge in [-0.25, -0.2) is 0 Å². The van der Waals surface area contributed by atoms with Crippen LogP contribution in [0.3, 0.4) is 0 Å². The number of epoxide rings is 1. The molecule has 0 aliphatic carbocycles. The molecule has 0 radical (unpaired) electrons. The van der Waals surface area contributed by atoms with Crippen LogP contribution in [0.25, 0.3) is 5.57 Å². The first-order chi connectivity index (χ1) is 6.77. The maximum absolute atomic E-state index is 5.64. The number of allylic oxidation sites excluding steroid dienone is 1. The van der Waals surface area contributed by atoms with Gasteiger partial charge >= 0.3 is 0 Å². The van der Waals surface area contributed by atoms with Crippen LogP contribution >= 0.6 is 0 Å². The fourth-order valence-corrected chi connectivity index (χ4v) is 1.29. The summed E-state index contributed by atoms with van der Waals surface area (Å²) in [6.45, 7) is 7.37. The Morgan fingerprint density at radius 2 is 2.29 bits per heavy atom. The second kappa shape index (κ2) is 3.84. The van der Waals surface area contributed by atoms with E-state index in [1.54, 1.807) is 0 Å². The first kappa shape index (κ1) is 9.28. The molecule has 2 rings (SSSR count). The lowest BCUT2D eigenvalue weighted by molar-refractivity contribution is 0.262. The molecule has 1 unspecified atom stereocenters. The molecule has 0 N–H and O–H groups in total. The minimum Gasteiger partial charge on any atom is -0.490 e. The van der Waals surface area contributed by atoms with Gasteiger partial charge in [0.15, 0.2) is 0 Å². The maximum atomic E-state index is 5.64. The highest BCUT2D eigenvalue weighted by Crippen LogP contribution is 2.25. The smallest absolute Gasteiger partial charge is 0.126 e. The van der Waals surface area contributed by atoms with Gasteiger partial charge in [-0.2, -0.15) is 0 Å². The third-order valence-electron chi connectivity index (χ3n) is 2.17. The van der Waals surface area contributed by atoms with Crippen LogP contribution in [0.4, 0.5) is 0 Å². The van der Waals surface area contributed by atoms with Crippen LogP contribution < -0.4 is 4.74 Å². The number of hydrogen-bond acceptors (Lipinski definition) is 2. The van der Waals surface area contributed by atoms with E-state index in [1.807, 2.05) is 31.2 Å². The van der Waals surface area contributed by atoms with Crippen LogP contribution in [0.1, 0.15) is 12.5 Å². The summed E-state index contributed by atoms with van der Waals surface area (Å²) in [5.41, 5.74) is 2.10. The summed E-state index contributed by atoms with van der Waals surface area (Å²) < 4.78 is 10.7. The third kappa shape index (κ3) is 2.15. The summed E-state index contributed by atoms with van der Waals surface area (Å²) in [5.74, 6) is 0.899. The average Bonchev–Trinajstić information content (AvgIpc) is 2.98. The van der Waals surface area contributed by atoms with Gasteiger partial charge in [-0.15, -0.1) is 0 Å². The zero-order valence-corrected chi connectivity index (χ0v) is 8.32. The normalized spacial score (nSPS) is 19.1. The van der Waals surface area contributed by atoms with E-state index in [1.165, 1.54) is 0 Å². The highest BCUT2D eigenvalue weighted by atomic mass is 16.6. The Morgan fingerprint density at radius 1 is 1.57 bits per heavy atom. The molecule has 1 atom stereocenters. The van der Waals surface area contributed by atoms with Gasteiger partial charge in [-0.3, -0.25) is 0 Å². The van der Waals surface area contributed by atoms with Crippen molar-refractivity contribution in [1.29, 1.82) is 0 Å².